The Morgan fingerprint density at radius 2 is 2.14 bits per heavy atom. The number of hydrogen-bond donors (Lipinski definition) is 1. The number of carboxylic acid groups (broad SMARTS) is 1. The van der Waals surface area contributed by atoms with E-state index in [1.807, 2.05) is 19.1 Å². The molecule has 0 aliphatic carbocycles. The van der Waals surface area contributed by atoms with Crippen molar-refractivity contribution in [3.63, 3.8) is 0 Å². The molecule has 6 heteroatoms. The predicted molar refractivity (Wildman–Crippen MR) is 80.2 cm³/mol. The van der Waals surface area contributed by atoms with Gasteiger partial charge >= 0.3 is 5.97 Å². The van der Waals surface area contributed by atoms with Crippen LogP contribution in [0.3, 0.4) is 0 Å². The number of amides is 1. The Labute approximate surface area is 129 Å². The number of methoxy groups -OCH3 is 1. The van der Waals surface area contributed by atoms with Gasteiger partial charge in [0.05, 0.1) is 20.1 Å². The van der Waals surface area contributed by atoms with Crippen LogP contribution in [0.4, 0.5) is 0 Å². The van der Waals surface area contributed by atoms with E-state index in [1.165, 1.54) is 4.90 Å². The Morgan fingerprint density at radius 3 is 2.82 bits per heavy atom. The molecule has 120 valence electrons. The summed E-state index contributed by atoms with van der Waals surface area (Å²) in [6.45, 7) is 2.65. The van der Waals surface area contributed by atoms with Gasteiger partial charge in [-0.15, -0.1) is 0 Å². The van der Waals surface area contributed by atoms with Crippen molar-refractivity contribution in [3.05, 3.63) is 23.8 Å². The average molecular weight is 307 g/mol. The number of benzene rings is 1. The van der Waals surface area contributed by atoms with Crippen LogP contribution in [0, 0.1) is 6.92 Å². The van der Waals surface area contributed by atoms with E-state index in [2.05, 4.69) is 0 Å². The highest BCUT2D eigenvalue weighted by atomic mass is 16.5. The molecule has 0 saturated carbocycles. The summed E-state index contributed by atoms with van der Waals surface area (Å²) < 4.78 is 10.8. The van der Waals surface area contributed by atoms with E-state index in [0.29, 0.717) is 24.5 Å². The van der Waals surface area contributed by atoms with Crippen LogP contribution in [0.2, 0.25) is 0 Å². The van der Waals surface area contributed by atoms with Gasteiger partial charge in [-0.1, -0.05) is 6.07 Å². The van der Waals surface area contributed by atoms with Crippen LogP contribution in [0.1, 0.15) is 24.8 Å². The normalized spacial score (nSPS) is 17.4. The Kier molecular flexibility index (Phi) is 5.25. The van der Waals surface area contributed by atoms with Crippen molar-refractivity contribution in [1.29, 1.82) is 0 Å². The van der Waals surface area contributed by atoms with Gasteiger partial charge in [-0.3, -0.25) is 4.79 Å². The zero-order valence-electron chi connectivity index (χ0n) is 12.9. The molecule has 1 unspecified atom stereocenters. The van der Waals surface area contributed by atoms with E-state index in [-0.39, 0.29) is 18.9 Å². The Hall–Kier alpha value is -2.24. The van der Waals surface area contributed by atoms with Gasteiger partial charge in [-0.25, -0.2) is 4.79 Å². The molecule has 1 atom stereocenters. The van der Waals surface area contributed by atoms with E-state index in [1.54, 1.807) is 13.2 Å². The lowest BCUT2D eigenvalue weighted by molar-refractivity contribution is -0.148. The first kappa shape index (κ1) is 16.1. The summed E-state index contributed by atoms with van der Waals surface area (Å²) in [6.07, 6.45) is 1.41. The van der Waals surface area contributed by atoms with Crippen LogP contribution in [-0.2, 0) is 9.59 Å². The number of nitrogens with zero attached hydrogens (tertiary/aromatic N) is 1. The highest BCUT2D eigenvalue weighted by molar-refractivity contribution is 5.84. The van der Waals surface area contributed by atoms with Crippen molar-refractivity contribution in [2.75, 3.05) is 20.3 Å². The Balaban J connectivity index is 1.88. The number of hydrogen-bond acceptors (Lipinski definition) is 4. The fourth-order valence-corrected chi connectivity index (χ4v) is 2.61. The molecule has 0 aromatic heterocycles. The van der Waals surface area contributed by atoms with Crippen molar-refractivity contribution in [3.8, 4) is 11.5 Å². The minimum atomic E-state index is -0.938. The fourth-order valence-electron chi connectivity index (χ4n) is 2.61. The van der Waals surface area contributed by atoms with Crippen molar-refractivity contribution in [2.45, 2.75) is 32.2 Å². The lowest BCUT2D eigenvalue weighted by Gasteiger charge is -2.21. The van der Waals surface area contributed by atoms with Crippen LogP contribution in [0.25, 0.3) is 0 Å². The Bertz CT molecular complexity index is 557. The van der Waals surface area contributed by atoms with Gasteiger partial charge in [0.15, 0.2) is 11.5 Å². The second kappa shape index (κ2) is 7.15. The predicted octanol–water partition coefficient (Wildman–Crippen LogP) is 1.85. The van der Waals surface area contributed by atoms with E-state index >= 15 is 0 Å². The van der Waals surface area contributed by atoms with Crippen LogP contribution in [0.15, 0.2) is 18.2 Å². The number of ether oxygens (including phenoxy) is 2. The smallest absolute Gasteiger partial charge is 0.326 e. The summed E-state index contributed by atoms with van der Waals surface area (Å²) in [5, 5.41) is 9.09. The van der Waals surface area contributed by atoms with Gasteiger partial charge in [0.1, 0.15) is 6.04 Å². The van der Waals surface area contributed by atoms with Gasteiger partial charge in [0, 0.05) is 6.54 Å². The average Bonchev–Trinajstić information content (AvgIpc) is 2.98. The number of aryl methyl sites for hydroxylation is 1. The number of likely N-dealkylation sites (tertiary alicyclic amines) is 1. The maximum atomic E-state index is 12.1. The molecule has 1 aromatic carbocycles. The third-order valence-corrected chi connectivity index (χ3v) is 3.75. The van der Waals surface area contributed by atoms with Gasteiger partial charge < -0.3 is 19.5 Å². The molecule has 2 rings (SSSR count). The molecule has 22 heavy (non-hydrogen) atoms. The highest BCUT2D eigenvalue weighted by Gasteiger charge is 2.33. The van der Waals surface area contributed by atoms with Crippen LogP contribution >= 0.6 is 0 Å². The molecule has 1 fully saturated rings. The van der Waals surface area contributed by atoms with Crippen molar-refractivity contribution in [1.82, 2.24) is 4.90 Å². The second-order valence-corrected chi connectivity index (χ2v) is 5.34. The fraction of sp³-hybridized carbons (Fsp3) is 0.500. The van der Waals surface area contributed by atoms with E-state index in [0.717, 1.165) is 12.0 Å². The largest absolute Gasteiger partial charge is 0.493 e. The number of rotatable bonds is 6. The number of carbonyl (C=O) groups is 2. The summed E-state index contributed by atoms with van der Waals surface area (Å²) in [5.74, 6) is 0.0806. The SMILES string of the molecule is COc1cc(C)ccc1OCCC(=O)N1CCCC1C(=O)O. The monoisotopic (exact) mass is 307 g/mol. The first-order valence-electron chi connectivity index (χ1n) is 7.32. The van der Waals surface area contributed by atoms with E-state index < -0.39 is 12.0 Å². The maximum Gasteiger partial charge on any atom is 0.326 e. The molecule has 1 amide bonds. The first-order chi connectivity index (χ1) is 10.5. The summed E-state index contributed by atoms with van der Waals surface area (Å²) >= 11 is 0. The summed E-state index contributed by atoms with van der Waals surface area (Å²) in [7, 11) is 1.56. The lowest BCUT2D eigenvalue weighted by atomic mass is 10.2. The molecule has 1 aliphatic rings. The molecule has 1 N–H and O–H groups in total. The summed E-state index contributed by atoms with van der Waals surface area (Å²) in [4.78, 5) is 24.6. The van der Waals surface area contributed by atoms with E-state index in [4.69, 9.17) is 14.6 Å². The van der Waals surface area contributed by atoms with Gasteiger partial charge in [-0.2, -0.15) is 0 Å². The summed E-state index contributed by atoms with van der Waals surface area (Å²) in [5.41, 5.74) is 1.06. The first-order valence-corrected chi connectivity index (χ1v) is 7.32. The van der Waals surface area contributed by atoms with E-state index in [9.17, 15) is 9.59 Å². The third-order valence-electron chi connectivity index (χ3n) is 3.75. The lowest BCUT2D eigenvalue weighted by Crippen LogP contribution is -2.40. The number of carboxylic acids is 1. The van der Waals surface area contributed by atoms with Crippen LogP contribution in [0.5, 0.6) is 11.5 Å². The molecular weight excluding hydrogens is 286 g/mol. The molecule has 0 radical (unpaired) electrons. The maximum absolute atomic E-state index is 12.1. The van der Waals surface area contributed by atoms with Gasteiger partial charge in [-0.05, 0) is 37.5 Å². The molecule has 0 spiro atoms. The minimum absolute atomic E-state index is 0.154. The molecular formula is C16H21NO5. The van der Waals surface area contributed by atoms with Gasteiger partial charge in [0.2, 0.25) is 5.91 Å². The van der Waals surface area contributed by atoms with Crippen LogP contribution < -0.4 is 9.47 Å². The molecule has 1 heterocycles. The minimum Gasteiger partial charge on any atom is -0.493 e. The molecule has 1 aromatic rings. The third kappa shape index (κ3) is 3.69. The molecule has 1 saturated heterocycles. The van der Waals surface area contributed by atoms with Crippen molar-refractivity contribution >= 4 is 11.9 Å². The zero-order chi connectivity index (χ0) is 16.1. The standard InChI is InChI=1S/C16H21NO5/c1-11-5-6-13(14(10-11)21-2)22-9-7-15(18)17-8-3-4-12(17)16(19)20/h5-6,10,12H,3-4,7-9H2,1-2H3,(H,19,20). The topological polar surface area (TPSA) is 76.1 Å². The van der Waals surface area contributed by atoms with Gasteiger partial charge in [0.25, 0.3) is 0 Å². The number of carbonyl (C=O) groups excluding carboxylic acids is 1. The van der Waals surface area contributed by atoms with Crippen molar-refractivity contribution < 1.29 is 24.2 Å². The molecule has 6 nitrogen and oxygen atoms in total. The molecule has 1 aliphatic heterocycles. The quantitative estimate of drug-likeness (QED) is 0.868. The zero-order valence-corrected chi connectivity index (χ0v) is 12.9. The highest BCUT2D eigenvalue weighted by Crippen LogP contribution is 2.28. The van der Waals surface area contributed by atoms with Crippen LogP contribution in [-0.4, -0.2) is 48.2 Å². The number of aliphatic carboxylic acids is 1. The molecule has 0 bridgehead atoms. The van der Waals surface area contributed by atoms with Crippen molar-refractivity contribution in [2.24, 2.45) is 0 Å². The summed E-state index contributed by atoms with van der Waals surface area (Å²) in [6, 6.07) is 4.87. The second-order valence-electron chi connectivity index (χ2n) is 5.34. The Morgan fingerprint density at radius 1 is 1.36 bits per heavy atom.